The second kappa shape index (κ2) is 6.39. The van der Waals surface area contributed by atoms with Gasteiger partial charge in [0.25, 0.3) is 0 Å². The summed E-state index contributed by atoms with van der Waals surface area (Å²) in [5.74, 6) is -1.90. The standard InChI is InChI=1S/C17H18FNO2/c1-3-19(14-8-4-6-12(2)10-14)11-13-7-5-9-15(16(13)18)17(20)21/h4-10H,3,11H2,1-2H3,(H,20,21). The number of carboxylic acid groups (broad SMARTS) is 1. The van der Waals surface area contributed by atoms with Crippen LogP contribution in [0.15, 0.2) is 42.5 Å². The van der Waals surface area contributed by atoms with Gasteiger partial charge in [-0.1, -0.05) is 24.3 Å². The van der Waals surface area contributed by atoms with E-state index < -0.39 is 11.8 Å². The van der Waals surface area contributed by atoms with E-state index in [4.69, 9.17) is 5.11 Å². The molecule has 2 rings (SSSR count). The van der Waals surface area contributed by atoms with Crippen LogP contribution in [0, 0.1) is 12.7 Å². The minimum Gasteiger partial charge on any atom is -0.478 e. The molecule has 1 N–H and O–H groups in total. The highest BCUT2D eigenvalue weighted by molar-refractivity contribution is 5.88. The molecule has 21 heavy (non-hydrogen) atoms. The molecule has 0 atom stereocenters. The Morgan fingerprint density at radius 2 is 1.95 bits per heavy atom. The predicted molar refractivity (Wildman–Crippen MR) is 81.3 cm³/mol. The van der Waals surface area contributed by atoms with Crippen LogP contribution in [0.1, 0.15) is 28.4 Å². The molecule has 110 valence electrons. The Morgan fingerprint density at radius 3 is 2.57 bits per heavy atom. The first-order valence-corrected chi connectivity index (χ1v) is 6.85. The van der Waals surface area contributed by atoms with E-state index in [-0.39, 0.29) is 5.56 Å². The van der Waals surface area contributed by atoms with Gasteiger partial charge in [-0.2, -0.15) is 0 Å². The van der Waals surface area contributed by atoms with Gasteiger partial charge in [-0.25, -0.2) is 9.18 Å². The molecule has 2 aromatic carbocycles. The minimum absolute atomic E-state index is 0.284. The molecule has 0 amide bonds. The maximum atomic E-state index is 14.2. The van der Waals surface area contributed by atoms with Gasteiger partial charge < -0.3 is 10.0 Å². The molecule has 0 aromatic heterocycles. The molecule has 0 saturated heterocycles. The fraction of sp³-hybridized carbons (Fsp3) is 0.235. The van der Waals surface area contributed by atoms with E-state index in [0.29, 0.717) is 18.7 Å². The lowest BCUT2D eigenvalue weighted by Crippen LogP contribution is -2.23. The molecule has 0 aliphatic carbocycles. The molecule has 0 radical (unpaired) electrons. The SMILES string of the molecule is CCN(Cc1cccc(C(=O)O)c1F)c1cccc(C)c1. The zero-order valence-electron chi connectivity index (χ0n) is 12.1. The lowest BCUT2D eigenvalue weighted by molar-refractivity contribution is 0.0691. The van der Waals surface area contributed by atoms with E-state index in [2.05, 4.69) is 0 Å². The highest BCUT2D eigenvalue weighted by atomic mass is 19.1. The van der Waals surface area contributed by atoms with Crippen LogP contribution in [-0.4, -0.2) is 17.6 Å². The average Bonchev–Trinajstić information content (AvgIpc) is 2.46. The zero-order chi connectivity index (χ0) is 15.4. The van der Waals surface area contributed by atoms with Crippen LogP contribution in [0.3, 0.4) is 0 Å². The van der Waals surface area contributed by atoms with Gasteiger partial charge in [0.2, 0.25) is 0 Å². The molecule has 2 aromatic rings. The van der Waals surface area contributed by atoms with E-state index >= 15 is 0 Å². The second-order valence-electron chi connectivity index (χ2n) is 4.94. The van der Waals surface area contributed by atoms with E-state index in [0.717, 1.165) is 11.3 Å². The lowest BCUT2D eigenvalue weighted by atomic mass is 10.1. The fourth-order valence-electron chi connectivity index (χ4n) is 2.28. The Labute approximate surface area is 123 Å². The van der Waals surface area contributed by atoms with Crippen LogP contribution >= 0.6 is 0 Å². The van der Waals surface area contributed by atoms with Gasteiger partial charge in [0, 0.05) is 24.3 Å². The number of benzene rings is 2. The predicted octanol–water partition coefficient (Wildman–Crippen LogP) is 3.86. The van der Waals surface area contributed by atoms with Crippen LogP contribution in [-0.2, 0) is 6.54 Å². The van der Waals surface area contributed by atoms with Gasteiger partial charge in [0.1, 0.15) is 5.82 Å². The minimum atomic E-state index is -1.24. The first-order chi connectivity index (χ1) is 10.0. The van der Waals surface area contributed by atoms with E-state index in [1.165, 1.54) is 6.07 Å². The maximum absolute atomic E-state index is 14.2. The van der Waals surface area contributed by atoms with Gasteiger partial charge in [-0.15, -0.1) is 0 Å². The van der Waals surface area contributed by atoms with Gasteiger partial charge in [0.05, 0.1) is 5.56 Å². The summed E-state index contributed by atoms with van der Waals surface area (Å²) >= 11 is 0. The Bertz CT molecular complexity index is 655. The molecule has 0 unspecified atom stereocenters. The topological polar surface area (TPSA) is 40.5 Å². The van der Waals surface area contributed by atoms with E-state index in [1.807, 2.05) is 43.0 Å². The molecule has 0 saturated carbocycles. The number of nitrogens with zero attached hydrogens (tertiary/aromatic N) is 1. The lowest BCUT2D eigenvalue weighted by Gasteiger charge is -2.24. The molecule has 0 bridgehead atoms. The van der Waals surface area contributed by atoms with Crippen molar-refractivity contribution < 1.29 is 14.3 Å². The molecular weight excluding hydrogens is 269 g/mol. The van der Waals surface area contributed by atoms with Crippen LogP contribution < -0.4 is 4.90 Å². The normalized spacial score (nSPS) is 10.4. The highest BCUT2D eigenvalue weighted by Gasteiger charge is 2.15. The summed E-state index contributed by atoms with van der Waals surface area (Å²) < 4.78 is 14.2. The van der Waals surface area contributed by atoms with Crippen molar-refractivity contribution in [3.63, 3.8) is 0 Å². The summed E-state index contributed by atoms with van der Waals surface area (Å²) in [7, 11) is 0. The number of carboxylic acids is 1. The Morgan fingerprint density at radius 1 is 1.24 bits per heavy atom. The van der Waals surface area contributed by atoms with Crippen molar-refractivity contribution in [2.24, 2.45) is 0 Å². The molecule has 0 heterocycles. The number of rotatable bonds is 5. The number of carbonyl (C=O) groups is 1. The van der Waals surface area contributed by atoms with Crippen molar-refractivity contribution in [2.75, 3.05) is 11.4 Å². The summed E-state index contributed by atoms with van der Waals surface area (Å²) in [6.45, 7) is 5.04. The summed E-state index contributed by atoms with van der Waals surface area (Å²) in [4.78, 5) is 13.0. The number of anilines is 1. The third kappa shape index (κ3) is 3.40. The van der Waals surface area contributed by atoms with Crippen molar-refractivity contribution in [3.05, 3.63) is 65.0 Å². The summed E-state index contributed by atoms with van der Waals surface area (Å²) in [5.41, 5.74) is 2.23. The first kappa shape index (κ1) is 15.0. The quantitative estimate of drug-likeness (QED) is 0.907. The largest absolute Gasteiger partial charge is 0.478 e. The third-order valence-corrected chi connectivity index (χ3v) is 3.42. The third-order valence-electron chi connectivity index (χ3n) is 3.42. The molecule has 0 aliphatic rings. The van der Waals surface area contributed by atoms with Gasteiger partial charge in [0.15, 0.2) is 0 Å². The smallest absolute Gasteiger partial charge is 0.338 e. The monoisotopic (exact) mass is 287 g/mol. The van der Waals surface area contributed by atoms with Crippen LogP contribution in [0.2, 0.25) is 0 Å². The Kier molecular flexibility index (Phi) is 4.58. The van der Waals surface area contributed by atoms with E-state index in [9.17, 15) is 9.18 Å². The highest BCUT2D eigenvalue weighted by Crippen LogP contribution is 2.21. The van der Waals surface area contributed by atoms with Crippen molar-refractivity contribution in [2.45, 2.75) is 20.4 Å². The van der Waals surface area contributed by atoms with Crippen LogP contribution in [0.4, 0.5) is 10.1 Å². The molecule has 4 heteroatoms. The Hall–Kier alpha value is -2.36. The molecule has 0 spiro atoms. The summed E-state index contributed by atoms with van der Waals surface area (Å²) in [6, 6.07) is 12.4. The summed E-state index contributed by atoms with van der Waals surface area (Å²) in [5, 5.41) is 8.98. The Balaban J connectivity index is 2.31. The molecule has 0 fully saturated rings. The molecule has 3 nitrogen and oxygen atoms in total. The van der Waals surface area contributed by atoms with Crippen LogP contribution in [0.25, 0.3) is 0 Å². The zero-order valence-corrected chi connectivity index (χ0v) is 12.1. The van der Waals surface area contributed by atoms with Crippen molar-refractivity contribution >= 4 is 11.7 Å². The maximum Gasteiger partial charge on any atom is 0.338 e. The number of aryl methyl sites for hydroxylation is 1. The number of aromatic carboxylic acids is 1. The number of hydrogen-bond acceptors (Lipinski definition) is 2. The molecular formula is C17H18FNO2. The van der Waals surface area contributed by atoms with E-state index in [1.54, 1.807) is 12.1 Å². The fourth-order valence-corrected chi connectivity index (χ4v) is 2.28. The molecule has 0 aliphatic heterocycles. The second-order valence-corrected chi connectivity index (χ2v) is 4.94. The summed E-state index contributed by atoms with van der Waals surface area (Å²) in [6.07, 6.45) is 0. The van der Waals surface area contributed by atoms with Crippen molar-refractivity contribution in [1.29, 1.82) is 0 Å². The van der Waals surface area contributed by atoms with Gasteiger partial charge >= 0.3 is 5.97 Å². The number of halogens is 1. The van der Waals surface area contributed by atoms with Gasteiger partial charge in [-0.05, 0) is 37.6 Å². The average molecular weight is 287 g/mol. The first-order valence-electron chi connectivity index (χ1n) is 6.85. The van der Waals surface area contributed by atoms with Crippen molar-refractivity contribution in [3.8, 4) is 0 Å². The van der Waals surface area contributed by atoms with Gasteiger partial charge in [-0.3, -0.25) is 0 Å². The number of hydrogen-bond donors (Lipinski definition) is 1. The van der Waals surface area contributed by atoms with Crippen LogP contribution in [0.5, 0.6) is 0 Å². The van der Waals surface area contributed by atoms with Crippen molar-refractivity contribution in [1.82, 2.24) is 0 Å².